The number of hydrogen-bond acceptors (Lipinski definition) is 3. The van der Waals surface area contributed by atoms with Gasteiger partial charge in [-0.15, -0.1) is 0 Å². The topological polar surface area (TPSA) is 43.7 Å². The van der Waals surface area contributed by atoms with Crippen molar-refractivity contribution in [1.82, 2.24) is 9.47 Å². The number of carbonyl (C=O) groups excluding carboxylic acids is 1. The number of nitrogens with zero attached hydrogens (tertiary/aromatic N) is 2. The highest BCUT2D eigenvalue weighted by molar-refractivity contribution is 5.97. The third-order valence-corrected chi connectivity index (χ3v) is 4.48. The summed E-state index contributed by atoms with van der Waals surface area (Å²) in [6.45, 7) is 0.759. The second kappa shape index (κ2) is 6.36. The molecule has 0 saturated carbocycles. The summed E-state index contributed by atoms with van der Waals surface area (Å²) in [5.74, 6) is 1.22. The predicted molar refractivity (Wildman–Crippen MR) is 88.0 cm³/mol. The summed E-state index contributed by atoms with van der Waals surface area (Å²) in [4.78, 5) is 15.0. The van der Waals surface area contributed by atoms with E-state index in [4.69, 9.17) is 9.47 Å². The molecule has 1 aromatic heterocycles. The van der Waals surface area contributed by atoms with Crippen molar-refractivity contribution in [2.45, 2.75) is 18.9 Å². The average Bonchev–Trinajstić information content (AvgIpc) is 3.21. The number of aromatic nitrogens is 1. The van der Waals surface area contributed by atoms with Gasteiger partial charge in [-0.25, -0.2) is 0 Å². The summed E-state index contributed by atoms with van der Waals surface area (Å²) in [7, 11) is 5.19. The van der Waals surface area contributed by atoms with Gasteiger partial charge in [-0.05, 0) is 43.2 Å². The molecule has 1 aliphatic heterocycles. The zero-order chi connectivity index (χ0) is 16.4. The highest BCUT2D eigenvalue weighted by atomic mass is 16.5. The fourth-order valence-electron chi connectivity index (χ4n) is 3.27. The fourth-order valence-corrected chi connectivity index (χ4v) is 3.27. The molecule has 122 valence electrons. The molecule has 5 heteroatoms. The predicted octanol–water partition coefficient (Wildman–Crippen LogP) is 3.02. The van der Waals surface area contributed by atoms with Crippen LogP contribution in [0.2, 0.25) is 0 Å². The van der Waals surface area contributed by atoms with Crippen LogP contribution in [0.15, 0.2) is 36.5 Å². The van der Waals surface area contributed by atoms with E-state index in [9.17, 15) is 4.79 Å². The Bertz CT molecular complexity index is 708. The second-order valence-corrected chi connectivity index (χ2v) is 5.77. The van der Waals surface area contributed by atoms with Gasteiger partial charge in [0.25, 0.3) is 5.91 Å². The van der Waals surface area contributed by atoms with E-state index in [2.05, 4.69) is 10.6 Å². The Morgan fingerprint density at radius 2 is 2.04 bits per heavy atom. The number of ether oxygens (including phenoxy) is 2. The molecule has 0 N–H and O–H groups in total. The molecule has 0 spiro atoms. The minimum absolute atomic E-state index is 0.00977. The normalized spacial score (nSPS) is 17.3. The Morgan fingerprint density at radius 3 is 2.70 bits per heavy atom. The number of hydrogen-bond donors (Lipinski definition) is 0. The molecule has 1 unspecified atom stereocenters. The van der Waals surface area contributed by atoms with Crippen molar-refractivity contribution >= 4 is 5.91 Å². The maximum Gasteiger partial charge on any atom is 0.258 e. The molecular formula is C18H22N2O3. The highest BCUT2D eigenvalue weighted by Crippen LogP contribution is 2.35. The summed E-state index contributed by atoms with van der Waals surface area (Å²) >= 11 is 0. The maximum absolute atomic E-state index is 13.1. The van der Waals surface area contributed by atoms with Crippen LogP contribution in [0.3, 0.4) is 0 Å². The third kappa shape index (κ3) is 2.79. The first kappa shape index (κ1) is 15.5. The van der Waals surface area contributed by atoms with Crippen molar-refractivity contribution in [2.75, 3.05) is 20.8 Å². The van der Waals surface area contributed by atoms with Crippen LogP contribution in [0, 0.1) is 0 Å². The van der Waals surface area contributed by atoms with Gasteiger partial charge in [0.2, 0.25) is 0 Å². The molecule has 23 heavy (non-hydrogen) atoms. The molecule has 3 rings (SSSR count). The Morgan fingerprint density at radius 1 is 1.22 bits per heavy atom. The van der Waals surface area contributed by atoms with Gasteiger partial charge in [0.15, 0.2) is 0 Å². The van der Waals surface area contributed by atoms with Crippen molar-refractivity contribution in [1.29, 1.82) is 0 Å². The van der Waals surface area contributed by atoms with Crippen LogP contribution in [0.5, 0.6) is 11.5 Å². The van der Waals surface area contributed by atoms with Crippen LogP contribution in [-0.4, -0.2) is 36.1 Å². The molecule has 1 amide bonds. The quantitative estimate of drug-likeness (QED) is 0.871. The summed E-state index contributed by atoms with van der Waals surface area (Å²) in [6, 6.07) is 9.54. The number of rotatable bonds is 4. The molecule has 5 nitrogen and oxygen atoms in total. The largest absolute Gasteiger partial charge is 0.497 e. The molecule has 0 bridgehead atoms. The molecule has 2 heterocycles. The van der Waals surface area contributed by atoms with Gasteiger partial charge in [-0.3, -0.25) is 4.79 Å². The van der Waals surface area contributed by atoms with Crippen LogP contribution in [0.1, 0.15) is 34.9 Å². The van der Waals surface area contributed by atoms with Gasteiger partial charge in [0, 0.05) is 25.5 Å². The third-order valence-electron chi connectivity index (χ3n) is 4.48. The minimum Gasteiger partial charge on any atom is -0.497 e. The van der Waals surface area contributed by atoms with Gasteiger partial charge in [-0.2, -0.15) is 0 Å². The lowest BCUT2D eigenvalue weighted by molar-refractivity contribution is 0.0727. The Kier molecular flexibility index (Phi) is 4.28. The Hall–Kier alpha value is -2.43. The van der Waals surface area contributed by atoms with Gasteiger partial charge in [0.1, 0.15) is 11.5 Å². The lowest BCUT2D eigenvalue weighted by Gasteiger charge is -2.26. The van der Waals surface area contributed by atoms with Crippen LogP contribution >= 0.6 is 0 Å². The van der Waals surface area contributed by atoms with E-state index < -0.39 is 0 Å². The van der Waals surface area contributed by atoms with E-state index in [0.717, 1.165) is 25.1 Å². The average molecular weight is 314 g/mol. The minimum atomic E-state index is -0.00977. The standard InChI is InChI=1S/C18H22N2O3/c1-19-10-4-6-15(19)16-7-5-11-20(16)18(21)14-12-13(22-2)8-9-17(14)23-3/h4,6,8-10,12,16H,5,7,11H2,1-3H3. The van der Waals surface area contributed by atoms with Crippen LogP contribution in [0.25, 0.3) is 0 Å². The smallest absolute Gasteiger partial charge is 0.258 e. The monoisotopic (exact) mass is 314 g/mol. The van der Waals surface area contributed by atoms with E-state index in [1.807, 2.05) is 24.2 Å². The van der Waals surface area contributed by atoms with Crippen LogP contribution < -0.4 is 9.47 Å². The lowest BCUT2D eigenvalue weighted by Crippen LogP contribution is -2.31. The number of methoxy groups -OCH3 is 2. The summed E-state index contributed by atoms with van der Waals surface area (Å²) in [5.41, 5.74) is 1.71. The summed E-state index contributed by atoms with van der Waals surface area (Å²) in [5, 5.41) is 0. The van der Waals surface area contributed by atoms with Crippen molar-refractivity contribution < 1.29 is 14.3 Å². The molecule has 1 fully saturated rings. The van der Waals surface area contributed by atoms with Crippen molar-refractivity contribution in [3.05, 3.63) is 47.8 Å². The van der Waals surface area contributed by atoms with E-state index in [-0.39, 0.29) is 11.9 Å². The zero-order valence-corrected chi connectivity index (χ0v) is 13.8. The zero-order valence-electron chi connectivity index (χ0n) is 13.8. The lowest BCUT2D eigenvalue weighted by atomic mass is 10.1. The first-order chi connectivity index (χ1) is 11.2. The van der Waals surface area contributed by atoms with E-state index >= 15 is 0 Å². The summed E-state index contributed by atoms with van der Waals surface area (Å²) < 4.78 is 12.7. The molecule has 0 aliphatic carbocycles. The molecule has 1 aromatic carbocycles. The van der Waals surface area contributed by atoms with Crippen molar-refractivity contribution in [3.8, 4) is 11.5 Å². The fraction of sp³-hybridized carbons (Fsp3) is 0.389. The van der Waals surface area contributed by atoms with Crippen LogP contribution in [0.4, 0.5) is 0 Å². The van der Waals surface area contributed by atoms with Crippen LogP contribution in [-0.2, 0) is 7.05 Å². The van der Waals surface area contributed by atoms with Gasteiger partial charge in [-0.1, -0.05) is 0 Å². The number of amides is 1. The Labute approximate surface area is 136 Å². The highest BCUT2D eigenvalue weighted by Gasteiger charge is 2.33. The number of likely N-dealkylation sites (tertiary alicyclic amines) is 1. The van der Waals surface area contributed by atoms with E-state index in [1.165, 1.54) is 0 Å². The van der Waals surface area contributed by atoms with E-state index in [0.29, 0.717) is 17.1 Å². The molecule has 1 aliphatic rings. The SMILES string of the molecule is COc1ccc(OC)c(C(=O)N2CCCC2c2cccn2C)c1. The van der Waals surface area contributed by atoms with Gasteiger partial charge < -0.3 is 18.9 Å². The second-order valence-electron chi connectivity index (χ2n) is 5.77. The van der Waals surface area contributed by atoms with E-state index in [1.54, 1.807) is 32.4 Å². The molecular weight excluding hydrogens is 292 g/mol. The van der Waals surface area contributed by atoms with Crippen molar-refractivity contribution in [2.24, 2.45) is 7.05 Å². The van der Waals surface area contributed by atoms with Gasteiger partial charge >= 0.3 is 0 Å². The van der Waals surface area contributed by atoms with Gasteiger partial charge in [0.05, 0.1) is 25.8 Å². The molecule has 2 aromatic rings. The number of carbonyl (C=O) groups is 1. The first-order valence-electron chi connectivity index (χ1n) is 7.80. The number of aryl methyl sites for hydroxylation is 1. The van der Waals surface area contributed by atoms with Crippen molar-refractivity contribution in [3.63, 3.8) is 0 Å². The first-order valence-corrected chi connectivity index (χ1v) is 7.80. The maximum atomic E-state index is 13.1. The number of benzene rings is 1. The molecule has 1 atom stereocenters. The summed E-state index contributed by atoms with van der Waals surface area (Å²) in [6.07, 6.45) is 4.01. The molecule has 1 saturated heterocycles. The molecule has 0 radical (unpaired) electrons. The Balaban J connectivity index is 1.95.